The van der Waals surface area contributed by atoms with Gasteiger partial charge in [0.05, 0.1) is 5.60 Å². The van der Waals surface area contributed by atoms with E-state index in [0.717, 1.165) is 32.5 Å². The lowest BCUT2D eigenvalue weighted by Crippen LogP contribution is -2.48. The van der Waals surface area contributed by atoms with Gasteiger partial charge in [0.1, 0.15) is 0 Å². The lowest BCUT2D eigenvalue weighted by atomic mass is 9.92. The molecule has 0 amide bonds. The molecule has 0 radical (unpaired) electrons. The van der Waals surface area contributed by atoms with Gasteiger partial charge in [0.15, 0.2) is 0 Å². The lowest BCUT2D eigenvalue weighted by Gasteiger charge is -2.36. The first kappa shape index (κ1) is 16.3. The van der Waals surface area contributed by atoms with E-state index in [1.54, 1.807) is 0 Å². The zero-order valence-electron chi connectivity index (χ0n) is 10.0. The van der Waals surface area contributed by atoms with Crippen LogP contribution in [0.3, 0.4) is 0 Å². The zero-order valence-corrected chi connectivity index (χ0v) is 10.0. The Hall–Kier alpha value is -0.660. The Morgan fingerprint density at radius 2 is 1.82 bits per heavy atom. The van der Waals surface area contributed by atoms with Gasteiger partial charge in [-0.3, -0.25) is 4.79 Å². The van der Waals surface area contributed by atoms with Gasteiger partial charge in [0.2, 0.25) is 6.29 Å². The van der Waals surface area contributed by atoms with Crippen molar-refractivity contribution in [1.29, 1.82) is 0 Å². The first-order valence-electron chi connectivity index (χ1n) is 5.31. The molecule has 0 spiro atoms. The second kappa shape index (κ2) is 6.93. The van der Waals surface area contributed by atoms with Crippen LogP contribution in [0.1, 0.15) is 12.8 Å². The van der Waals surface area contributed by atoms with Crippen molar-refractivity contribution in [1.82, 2.24) is 10.2 Å². The van der Waals surface area contributed by atoms with Gasteiger partial charge in [-0.05, 0) is 26.9 Å². The molecule has 1 fully saturated rings. The van der Waals surface area contributed by atoms with E-state index in [4.69, 9.17) is 4.79 Å². The highest BCUT2D eigenvalue weighted by atomic mass is 19.4. The average Bonchev–Trinajstić information content (AvgIpc) is 2.23. The maximum Gasteiger partial charge on any atom is 0.446 e. The molecule has 4 nitrogen and oxygen atoms in total. The van der Waals surface area contributed by atoms with Crippen LogP contribution in [0.4, 0.5) is 13.2 Å². The molecule has 0 saturated carbocycles. The Morgan fingerprint density at radius 1 is 1.41 bits per heavy atom. The second-order valence-electron chi connectivity index (χ2n) is 4.22. The summed E-state index contributed by atoms with van der Waals surface area (Å²) in [4.78, 5) is 11.0. The van der Waals surface area contributed by atoms with Gasteiger partial charge in [-0.25, -0.2) is 0 Å². The quantitative estimate of drug-likeness (QED) is 0.703. The van der Waals surface area contributed by atoms with Crippen molar-refractivity contribution < 1.29 is 23.1 Å². The molecule has 7 heteroatoms. The summed E-state index contributed by atoms with van der Waals surface area (Å²) < 4.78 is 31.2. The monoisotopic (exact) mass is 256 g/mol. The first-order chi connectivity index (χ1) is 7.72. The molecular weight excluding hydrogens is 237 g/mol. The Morgan fingerprint density at radius 3 is 2.12 bits per heavy atom. The van der Waals surface area contributed by atoms with Crippen molar-refractivity contribution >= 4 is 6.29 Å². The maximum atomic E-state index is 10.4. The van der Waals surface area contributed by atoms with E-state index in [-0.39, 0.29) is 0 Å². The Labute approximate surface area is 98.8 Å². The summed E-state index contributed by atoms with van der Waals surface area (Å²) in [7, 11) is 3.98. The standard InChI is InChI=1S/C8H18N2O.C2HF3O/c1-9-7-8(11)3-5-10(2)6-4-8;3-2(4,5)1-6/h9,11H,3-7H2,1-2H3;1H. The molecule has 0 aromatic rings. The number of nitrogens with zero attached hydrogens (tertiary/aromatic N) is 1. The van der Waals surface area contributed by atoms with Crippen LogP contribution >= 0.6 is 0 Å². The number of aldehydes is 1. The third-order valence-corrected chi connectivity index (χ3v) is 2.56. The fourth-order valence-electron chi connectivity index (χ4n) is 1.54. The van der Waals surface area contributed by atoms with E-state index in [2.05, 4.69) is 17.3 Å². The normalized spacial score (nSPS) is 20.4. The van der Waals surface area contributed by atoms with Gasteiger partial charge in [0, 0.05) is 19.6 Å². The van der Waals surface area contributed by atoms with E-state index in [1.165, 1.54) is 0 Å². The minimum Gasteiger partial charge on any atom is -0.388 e. The van der Waals surface area contributed by atoms with E-state index in [0.29, 0.717) is 0 Å². The largest absolute Gasteiger partial charge is 0.446 e. The van der Waals surface area contributed by atoms with Crippen LogP contribution in [-0.4, -0.2) is 61.8 Å². The Balaban J connectivity index is 0.000000366. The molecule has 0 bridgehead atoms. The number of aliphatic hydroxyl groups is 1. The second-order valence-corrected chi connectivity index (χ2v) is 4.22. The summed E-state index contributed by atoms with van der Waals surface area (Å²) in [5, 5.41) is 12.9. The number of alkyl halides is 3. The zero-order chi connectivity index (χ0) is 13.5. The van der Waals surface area contributed by atoms with Crippen molar-refractivity contribution in [2.45, 2.75) is 24.6 Å². The van der Waals surface area contributed by atoms with Crippen LogP contribution in [0, 0.1) is 0 Å². The van der Waals surface area contributed by atoms with E-state index < -0.39 is 18.1 Å². The third-order valence-electron chi connectivity index (χ3n) is 2.56. The molecule has 2 N–H and O–H groups in total. The predicted molar refractivity (Wildman–Crippen MR) is 57.7 cm³/mol. The fourth-order valence-corrected chi connectivity index (χ4v) is 1.54. The molecule has 0 atom stereocenters. The average molecular weight is 256 g/mol. The summed E-state index contributed by atoms with van der Waals surface area (Å²) in [6.07, 6.45) is -3.92. The van der Waals surface area contributed by atoms with Crippen LogP contribution in [0.2, 0.25) is 0 Å². The van der Waals surface area contributed by atoms with Crippen molar-refractivity contribution in [2.75, 3.05) is 33.7 Å². The number of likely N-dealkylation sites (tertiary alicyclic amines) is 1. The summed E-state index contributed by atoms with van der Waals surface area (Å²) in [5.41, 5.74) is -0.443. The van der Waals surface area contributed by atoms with E-state index in [1.807, 2.05) is 7.05 Å². The highest BCUT2D eigenvalue weighted by Crippen LogP contribution is 2.19. The van der Waals surface area contributed by atoms with Crippen molar-refractivity contribution in [3.8, 4) is 0 Å². The highest BCUT2D eigenvalue weighted by Gasteiger charge is 2.29. The summed E-state index contributed by atoms with van der Waals surface area (Å²) in [5.74, 6) is 0. The first-order valence-corrected chi connectivity index (χ1v) is 5.31. The highest BCUT2D eigenvalue weighted by molar-refractivity contribution is 5.56. The molecule has 0 aromatic carbocycles. The SMILES string of the molecule is CNCC1(O)CCN(C)CC1.O=CC(F)(F)F. The number of piperidine rings is 1. The summed E-state index contributed by atoms with van der Waals surface area (Å²) >= 11 is 0. The van der Waals surface area contributed by atoms with Crippen LogP contribution in [0.25, 0.3) is 0 Å². The molecule has 0 aliphatic carbocycles. The molecule has 1 heterocycles. The number of halogens is 3. The van der Waals surface area contributed by atoms with Gasteiger partial charge < -0.3 is 15.3 Å². The van der Waals surface area contributed by atoms with Gasteiger partial charge in [0.25, 0.3) is 0 Å². The Bertz CT molecular complexity index is 226. The molecular formula is C10H19F3N2O2. The number of carbonyl (C=O) groups is 1. The number of nitrogens with one attached hydrogen (secondary N) is 1. The van der Waals surface area contributed by atoms with Crippen molar-refractivity contribution in [2.24, 2.45) is 0 Å². The van der Waals surface area contributed by atoms with Gasteiger partial charge >= 0.3 is 6.18 Å². The summed E-state index contributed by atoms with van der Waals surface area (Å²) in [6.45, 7) is 2.75. The molecule has 1 rings (SSSR count). The van der Waals surface area contributed by atoms with Crippen molar-refractivity contribution in [3.63, 3.8) is 0 Å². The van der Waals surface area contributed by atoms with Crippen LogP contribution in [-0.2, 0) is 4.79 Å². The lowest BCUT2D eigenvalue weighted by molar-refractivity contribution is -0.156. The van der Waals surface area contributed by atoms with Crippen LogP contribution < -0.4 is 5.32 Å². The topological polar surface area (TPSA) is 52.6 Å². The molecule has 1 aliphatic rings. The molecule has 0 unspecified atom stereocenters. The maximum absolute atomic E-state index is 10.4. The third kappa shape index (κ3) is 8.12. The molecule has 1 aliphatic heterocycles. The van der Waals surface area contributed by atoms with Gasteiger partial charge in [-0.2, -0.15) is 13.2 Å². The minimum absolute atomic E-state index is 0.443. The molecule has 102 valence electrons. The number of hydrogen-bond acceptors (Lipinski definition) is 4. The molecule has 17 heavy (non-hydrogen) atoms. The minimum atomic E-state index is -4.64. The predicted octanol–water partition coefficient (Wildman–Crippen LogP) is 0.410. The van der Waals surface area contributed by atoms with Crippen LogP contribution in [0.15, 0.2) is 0 Å². The van der Waals surface area contributed by atoms with Gasteiger partial charge in [-0.15, -0.1) is 0 Å². The smallest absolute Gasteiger partial charge is 0.388 e. The van der Waals surface area contributed by atoms with Crippen molar-refractivity contribution in [3.05, 3.63) is 0 Å². The number of carbonyl (C=O) groups excluding carboxylic acids is 1. The molecule has 0 aromatic heterocycles. The van der Waals surface area contributed by atoms with E-state index in [9.17, 15) is 18.3 Å². The molecule has 1 saturated heterocycles. The fraction of sp³-hybridized carbons (Fsp3) is 0.900. The Kier molecular flexibility index (Phi) is 6.66. The van der Waals surface area contributed by atoms with E-state index >= 15 is 0 Å². The number of hydrogen-bond donors (Lipinski definition) is 2. The van der Waals surface area contributed by atoms with Gasteiger partial charge in [-0.1, -0.05) is 0 Å². The number of likely N-dealkylation sites (N-methyl/N-ethyl adjacent to an activating group) is 1. The number of rotatable bonds is 2. The summed E-state index contributed by atoms with van der Waals surface area (Å²) in [6, 6.07) is 0. The van der Waals surface area contributed by atoms with Crippen LogP contribution in [0.5, 0.6) is 0 Å².